The zero-order valence-corrected chi connectivity index (χ0v) is 15.6. The first kappa shape index (κ1) is 21.1. The Kier molecular flexibility index (Phi) is 10.4. The Bertz CT molecular complexity index is 576. The smallest absolute Gasteiger partial charge is 0.0430 e. The molecule has 3 heteroatoms. The van der Waals surface area contributed by atoms with E-state index >= 15 is 0 Å². The van der Waals surface area contributed by atoms with Crippen LogP contribution in [0, 0.1) is 0 Å². The number of unbranched alkanes of at least 4 members (excludes halogenated alkanes) is 1. The van der Waals surface area contributed by atoms with Gasteiger partial charge in [0.15, 0.2) is 0 Å². The van der Waals surface area contributed by atoms with Crippen molar-refractivity contribution in [2.75, 3.05) is 6.61 Å². The van der Waals surface area contributed by atoms with Crippen molar-refractivity contribution in [3.05, 3.63) is 91.0 Å². The van der Waals surface area contributed by atoms with Gasteiger partial charge in [-0.25, -0.2) is 0 Å². The van der Waals surface area contributed by atoms with Crippen LogP contribution in [0.25, 0.3) is 0 Å². The average Bonchev–Trinajstić information content (AvgIpc) is 2.66. The van der Waals surface area contributed by atoms with E-state index in [9.17, 15) is 0 Å². The molecular formula is C22H27O2P. The standard InChI is InChI=1S/C18H15P.C4H10O.H2O/c1-4-10-16(11-5-1)19(17-12-6-2-7-13-17)18-14-8-3-9-15-18;1-2-3-4-5;/h1-15H;5H,2-4H2,1H3;1H2. The number of hydrogen-bond acceptors (Lipinski definition) is 1. The summed E-state index contributed by atoms with van der Waals surface area (Å²) in [7, 11) is -0.446. The van der Waals surface area contributed by atoms with E-state index < -0.39 is 7.92 Å². The van der Waals surface area contributed by atoms with Gasteiger partial charge in [0.05, 0.1) is 0 Å². The first-order valence-electron chi connectivity index (χ1n) is 8.43. The van der Waals surface area contributed by atoms with Crippen molar-refractivity contribution in [2.24, 2.45) is 0 Å². The van der Waals surface area contributed by atoms with Crippen LogP contribution in [0.15, 0.2) is 91.0 Å². The van der Waals surface area contributed by atoms with Gasteiger partial charge in [0.1, 0.15) is 0 Å². The van der Waals surface area contributed by atoms with Gasteiger partial charge in [-0.05, 0) is 30.3 Å². The Morgan fingerprint density at radius 1 is 0.640 bits per heavy atom. The fraction of sp³-hybridized carbons (Fsp3) is 0.182. The molecule has 0 aliphatic rings. The molecule has 0 aliphatic carbocycles. The lowest BCUT2D eigenvalue weighted by Gasteiger charge is -2.18. The maximum absolute atomic E-state index is 8.07. The monoisotopic (exact) mass is 354 g/mol. The van der Waals surface area contributed by atoms with Crippen LogP contribution >= 0.6 is 7.92 Å². The zero-order chi connectivity index (χ0) is 17.0. The van der Waals surface area contributed by atoms with E-state index in [2.05, 4.69) is 97.9 Å². The molecule has 3 aromatic carbocycles. The van der Waals surface area contributed by atoms with Crippen molar-refractivity contribution in [1.82, 2.24) is 0 Å². The second-order valence-electron chi connectivity index (χ2n) is 5.42. The van der Waals surface area contributed by atoms with E-state index in [4.69, 9.17) is 5.11 Å². The predicted molar refractivity (Wildman–Crippen MR) is 111 cm³/mol. The molecule has 0 amide bonds. The Labute approximate surface area is 152 Å². The molecule has 25 heavy (non-hydrogen) atoms. The molecule has 0 radical (unpaired) electrons. The van der Waals surface area contributed by atoms with Gasteiger partial charge in [-0.3, -0.25) is 0 Å². The predicted octanol–water partition coefficient (Wildman–Crippen LogP) is 3.40. The van der Waals surface area contributed by atoms with Gasteiger partial charge in [-0.1, -0.05) is 104 Å². The third-order valence-corrected chi connectivity index (χ3v) is 6.00. The van der Waals surface area contributed by atoms with E-state index in [0.29, 0.717) is 6.61 Å². The normalized spacial score (nSPS) is 9.72. The van der Waals surface area contributed by atoms with Crippen LogP contribution in [-0.4, -0.2) is 17.2 Å². The lowest BCUT2D eigenvalue weighted by molar-refractivity contribution is 0.287. The van der Waals surface area contributed by atoms with Crippen LogP contribution in [0.2, 0.25) is 0 Å². The van der Waals surface area contributed by atoms with Crippen molar-refractivity contribution in [1.29, 1.82) is 0 Å². The van der Waals surface area contributed by atoms with Crippen molar-refractivity contribution in [2.45, 2.75) is 19.8 Å². The summed E-state index contributed by atoms with van der Waals surface area (Å²) in [6, 6.07) is 32.3. The molecule has 3 aromatic rings. The summed E-state index contributed by atoms with van der Waals surface area (Å²) in [5, 5.41) is 12.3. The quantitative estimate of drug-likeness (QED) is 0.702. The number of aliphatic hydroxyl groups is 1. The van der Waals surface area contributed by atoms with Crippen molar-refractivity contribution < 1.29 is 10.6 Å². The first-order valence-corrected chi connectivity index (χ1v) is 9.77. The van der Waals surface area contributed by atoms with Gasteiger partial charge in [-0.2, -0.15) is 0 Å². The Morgan fingerprint density at radius 3 is 1.16 bits per heavy atom. The molecule has 132 valence electrons. The van der Waals surface area contributed by atoms with Crippen molar-refractivity contribution in [3.63, 3.8) is 0 Å². The van der Waals surface area contributed by atoms with E-state index in [1.165, 1.54) is 15.9 Å². The van der Waals surface area contributed by atoms with E-state index in [1.807, 2.05) is 0 Å². The maximum Gasteiger partial charge on any atom is 0.0430 e. The summed E-state index contributed by atoms with van der Waals surface area (Å²) in [6.45, 7) is 2.40. The van der Waals surface area contributed by atoms with Crippen LogP contribution in [0.5, 0.6) is 0 Å². The van der Waals surface area contributed by atoms with Gasteiger partial charge in [-0.15, -0.1) is 0 Å². The summed E-state index contributed by atoms with van der Waals surface area (Å²) in [5.74, 6) is 0. The molecule has 0 fully saturated rings. The summed E-state index contributed by atoms with van der Waals surface area (Å²) >= 11 is 0. The molecule has 0 saturated heterocycles. The molecule has 2 nitrogen and oxygen atoms in total. The summed E-state index contributed by atoms with van der Waals surface area (Å²) in [6.07, 6.45) is 2.04. The minimum absolute atomic E-state index is 0. The number of rotatable bonds is 5. The summed E-state index contributed by atoms with van der Waals surface area (Å²) < 4.78 is 0. The summed E-state index contributed by atoms with van der Waals surface area (Å²) in [4.78, 5) is 0. The zero-order valence-electron chi connectivity index (χ0n) is 14.7. The van der Waals surface area contributed by atoms with E-state index in [-0.39, 0.29) is 5.48 Å². The number of hydrogen-bond donors (Lipinski definition) is 1. The lowest BCUT2D eigenvalue weighted by atomic mass is 10.4. The topological polar surface area (TPSA) is 51.7 Å². The first-order chi connectivity index (χ1) is 11.9. The fourth-order valence-electron chi connectivity index (χ4n) is 2.34. The lowest BCUT2D eigenvalue weighted by Crippen LogP contribution is -2.20. The molecule has 0 atom stereocenters. The van der Waals surface area contributed by atoms with Crippen LogP contribution in [0.3, 0.4) is 0 Å². The van der Waals surface area contributed by atoms with E-state index in [0.717, 1.165) is 12.8 Å². The minimum atomic E-state index is -0.446. The Hall–Kier alpha value is -1.99. The SMILES string of the molecule is CCCCO.O.c1ccc(P(c2ccccc2)c2ccccc2)cc1. The molecule has 0 unspecified atom stereocenters. The van der Waals surface area contributed by atoms with Crippen molar-refractivity contribution >= 4 is 23.8 Å². The molecule has 3 rings (SSSR count). The highest BCUT2D eigenvalue weighted by molar-refractivity contribution is 7.79. The summed E-state index contributed by atoms with van der Waals surface area (Å²) in [5.41, 5.74) is 0. The molecule has 0 bridgehead atoms. The molecular weight excluding hydrogens is 327 g/mol. The van der Waals surface area contributed by atoms with Crippen molar-refractivity contribution in [3.8, 4) is 0 Å². The second-order valence-corrected chi connectivity index (χ2v) is 7.64. The third-order valence-electron chi connectivity index (χ3n) is 3.55. The fourth-order valence-corrected chi connectivity index (χ4v) is 4.64. The highest BCUT2D eigenvalue weighted by atomic mass is 31.1. The molecule has 0 aliphatic heterocycles. The molecule has 0 aromatic heterocycles. The van der Waals surface area contributed by atoms with Crippen LogP contribution < -0.4 is 15.9 Å². The highest BCUT2D eigenvalue weighted by Crippen LogP contribution is 2.32. The molecule has 0 spiro atoms. The number of aliphatic hydroxyl groups excluding tert-OH is 1. The van der Waals surface area contributed by atoms with Crippen LogP contribution in [-0.2, 0) is 0 Å². The van der Waals surface area contributed by atoms with Gasteiger partial charge in [0.2, 0.25) is 0 Å². The van der Waals surface area contributed by atoms with Gasteiger partial charge in [0, 0.05) is 6.61 Å². The minimum Gasteiger partial charge on any atom is -0.412 e. The van der Waals surface area contributed by atoms with Gasteiger partial charge in [0.25, 0.3) is 0 Å². The van der Waals surface area contributed by atoms with Gasteiger partial charge >= 0.3 is 0 Å². The molecule has 0 saturated carbocycles. The third kappa shape index (κ3) is 6.80. The highest BCUT2D eigenvalue weighted by Gasteiger charge is 2.14. The molecule has 3 N–H and O–H groups in total. The largest absolute Gasteiger partial charge is 0.412 e. The Balaban J connectivity index is 0.000000462. The van der Waals surface area contributed by atoms with Crippen LogP contribution in [0.1, 0.15) is 19.8 Å². The van der Waals surface area contributed by atoms with Crippen LogP contribution in [0.4, 0.5) is 0 Å². The van der Waals surface area contributed by atoms with E-state index in [1.54, 1.807) is 0 Å². The molecule has 0 heterocycles. The Morgan fingerprint density at radius 2 is 0.960 bits per heavy atom. The number of benzene rings is 3. The average molecular weight is 354 g/mol. The second kappa shape index (κ2) is 12.4. The maximum atomic E-state index is 8.07. The van der Waals surface area contributed by atoms with Gasteiger partial charge < -0.3 is 10.6 Å².